The molecule has 0 N–H and O–H groups in total. The summed E-state index contributed by atoms with van der Waals surface area (Å²) >= 11 is 0. The van der Waals surface area contributed by atoms with Crippen molar-refractivity contribution in [1.29, 1.82) is 0 Å². The first-order valence-corrected chi connectivity index (χ1v) is 4.70. The molecule has 0 aromatic heterocycles. The molecule has 0 amide bonds. The highest BCUT2D eigenvalue weighted by Gasteiger charge is 2.54. The minimum atomic E-state index is 0.00748. The summed E-state index contributed by atoms with van der Waals surface area (Å²) in [5.41, 5.74) is 0.325. The van der Waals surface area contributed by atoms with E-state index in [1.165, 1.54) is 6.42 Å². The molecule has 2 heterocycles. The van der Waals surface area contributed by atoms with E-state index in [4.69, 9.17) is 4.74 Å². The van der Waals surface area contributed by atoms with Crippen LogP contribution in [0.4, 0.5) is 0 Å². The first kappa shape index (κ1) is 8.09. The molecular formula is C10H16O2. The normalized spacial score (nSPS) is 44.2. The van der Waals surface area contributed by atoms with E-state index in [1.807, 2.05) is 6.92 Å². The average molecular weight is 168 g/mol. The summed E-state index contributed by atoms with van der Waals surface area (Å²) in [6, 6.07) is 0. The predicted octanol–water partition coefficient (Wildman–Crippen LogP) is 1.84. The van der Waals surface area contributed by atoms with Gasteiger partial charge < -0.3 is 4.74 Å². The van der Waals surface area contributed by atoms with Crippen molar-refractivity contribution in [2.24, 2.45) is 23.2 Å². The van der Waals surface area contributed by atoms with E-state index in [9.17, 15) is 4.79 Å². The second-order valence-corrected chi connectivity index (χ2v) is 4.78. The Kier molecular flexibility index (Phi) is 1.51. The highest BCUT2D eigenvalue weighted by atomic mass is 16.5. The summed E-state index contributed by atoms with van der Waals surface area (Å²) in [5.74, 6) is 1.28. The van der Waals surface area contributed by atoms with Gasteiger partial charge in [0.1, 0.15) is 0 Å². The van der Waals surface area contributed by atoms with Crippen LogP contribution in [0.25, 0.3) is 0 Å². The van der Waals surface area contributed by atoms with Crippen LogP contribution in [0, 0.1) is 23.2 Å². The molecular weight excluding hydrogens is 152 g/mol. The van der Waals surface area contributed by atoms with Crippen molar-refractivity contribution in [3.05, 3.63) is 0 Å². The zero-order valence-corrected chi connectivity index (χ0v) is 7.96. The molecule has 68 valence electrons. The molecule has 0 radical (unpaired) electrons. The van der Waals surface area contributed by atoms with Crippen LogP contribution in [0.2, 0.25) is 0 Å². The Morgan fingerprint density at radius 2 is 2.17 bits per heavy atom. The molecule has 2 bridgehead atoms. The predicted molar refractivity (Wildman–Crippen MR) is 45.5 cm³/mol. The maximum Gasteiger partial charge on any atom is 0.308 e. The first-order chi connectivity index (χ1) is 5.53. The maximum absolute atomic E-state index is 11.3. The van der Waals surface area contributed by atoms with Gasteiger partial charge in [0.25, 0.3) is 0 Å². The highest BCUT2D eigenvalue weighted by molar-refractivity contribution is 5.73. The van der Waals surface area contributed by atoms with E-state index in [-0.39, 0.29) is 11.9 Å². The van der Waals surface area contributed by atoms with Crippen molar-refractivity contribution < 1.29 is 9.53 Å². The summed E-state index contributed by atoms with van der Waals surface area (Å²) < 4.78 is 5.17. The van der Waals surface area contributed by atoms with Crippen LogP contribution >= 0.6 is 0 Å². The molecule has 3 fully saturated rings. The van der Waals surface area contributed by atoms with Crippen LogP contribution in [-0.4, -0.2) is 12.6 Å². The van der Waals surface area contributed by atoms with Gasteiger partial charge in [0.05, 0.1) is 12.5 Å². The van der Waals surface area contributed by atoms with Crippen LogP contribution < -0.4 is 0 Å². The highest BCUT2D eigenvalue weighted by Crippen LogP contribution is 2.56. The van der Waals surface area contributed by atoms with E-state index >= 15 is 0 Å². The van der Waals surface area contributed by atoms with Gasteiger partial charge in [-0.15, -0.1) is 0 Å². The molecule has 12 heavy (non-hydrogen) atoms. The number of esters is 1. The van der Waals surface area contributed by atoms with Crippen LogP contribution in [0.15, 0.2) is 0 Å². The molecule has 0 unspecified atom stereocenters. The first-order valence-electron chi connectivity index (χ1n) is 4.70. The lowest BCUT2D eigenvalue weighted by Gasteiger charge is -2.51. The van der Waals surface area contributed by atoms with Gasteiger partial charge in [-0.3, -0.25) is 4.79 Å². The summed E-state index contributed by atoms with van der Waals surface area (Å²) in [4.78, 5) is 11.3. The molecule has 0 spiro atoms. The summed E-state index contributed by atoms with van der Waals surface area (Å²) in [6.07, 6.45) is 1.18. The van der Waals surface area contributed by atoms with E-state index in [2.05, 4.69) is 13.8 Å². The molecule has 1 aliphatic carbocycles. The maximum atomic E-state index is 11.3. The Hall–Kier alpha value is -0.530. The van der Waals surface area contributed by atoms with Crippen molar-refractivity contribution in [2.45, 2.75) is 27.2 Å². The molecule has 0 aromatic rings. The standard InChI is InChI=1S/C10H16O2/c1-6-8-4-7(10(8,2)3)5-12-9(6)11/h6-8H,4-5H2,1-3H3/t6-,7-,8+/m1/s1. The second kappa shape index (κ2) is 2.24. The Balaban J connectivity index is 2.24. The Labute approximate surface area is 73.3 Å². The monoisotopic (exact) mass is 168 g/mol. The smallest absolute Gasteiger partial charge is 0.308 e. The quantitative estimate of drug-likeness (QED) is 0.516. The third-order valence-electron chi connectivity index (χ3n) is 3.95. The number of fused-ring (bicyclic) bond motifs is 3. The van der Waals surface area contributed by atoms with Gasteiger partial charge in [-0.25, -0.2) is 0 Å². The number of hydrogen-bond acceptors (Lipinski definition) is 2. The second-order valence-electron chi connectivity index (χ2n) is 4.78. The van der Waals surface area contributed by atoms with Gasteiger partial charge >= 0.3 is 5.97 Å². The number of hydrogen-bond donors (Lipinski definition) is 0. The van der Waals surface area contributed by atoms with Gasteiger partial charge in [0.15, 0.2) is 0 Å². The van der Waals surface area contributed by atoms with E-state index in [0.29, 0.717) is 23.9 Å². The van der Waals surface area contributed by atoms with Gasteiger partial charge in [-0.2, -0.15) is 0 Å². The van der Waals surface area contributed by atoms with Crippen molar-refractivity contribution in [2.75, 3.05) is 6.61 Å². The molecule has 2 heteroatoms. The van der Waals surface area contributed by atoms with Crippen molar-refractivity contribution in [1.82, 2.24) is 0 Å². The number of rotatable bonds is 0. The zero-order valence-electron chi connectivity index (χ0n) is 7.96. The largest absolute Gasteiger partial charge is 0.465 e. The average Bonchev–Trinajstić information content (AvgIpc) is 2.18. The fraction of sp³-hybridized carbons (Fsp3) is 0.900. The number of ether oxygens (including phenoxy) is 1. The fourth-order valence-corrected chi connectivity index (χ4v) is 2.67. The Morgan fingerprint density at radius 3 is 2.75 bits per heavy atom. The summed E-state index contributed by atoms with van der Waals surface area (Å²) in [5, 5.41) is 0. The van der Waals surface area contributed by atoms with Crippen molar-refractivity contribution in [3.8, 4) is 0 Å². The minimum Gasteiger partial charge on any atom is -0.465 e. The molecule has 3 rings (SSSR count). The SMILES string of the molecule is C[C@H]1C(=O)OC[C@H]2C[C@@H]1C2(C)C. The molecule has 2 nitrogen and oxygen atoms in total. The lowest BCUT2D eigenvalue weighted by molar-refractivity contribution is -0.147. The fourth-order valence-electron chi connectivity index (χ4n) is 2.67. The third-order valence-corrected chi connectivity index (χ3v) is 3.95. The van der Waals surface area contributed by atoms with Crippen LogP contribution in [-0.2, 0) is 9.53 Å². The van der Waals surface area contributed by atoms with E-state index in [0.717, 1.165) is 0 Å². The van der Waals surface area contributed by atoms with Gasteiger partial charge in [0, 0.05) is 0 Å². The van der Waals surface area contributed by atoms with E-state index < -0.39 is 0 Å². The van der Waals surface area contributed by atoms with Crippen molar-refractivity contribution in [3.63, 3.8) is 0 Å². The molecule has 3 atom stereocenters. The number of carbonyl (C=O) groups excluding carboxylic acids is 1. The minimum absolute atomic E-state index is 0.00748. The van der Waals surface area contributed by atoms with Gasteiger partial charge in [0.2, 0.25) is 0 Å². The lowest BCUT2D eigenvalue weighted by atomic mass is 9.52. The van der Waals surface area contributed by atoms with E-state index in [1.54, 1.807) is 0 Å². The zero-order chi connectivity index (χ0) is 8.93. The molecule has 2 aliphatic heterocycles. The topological polar surface area (TPSA) is 26.3 Å². The lowest BCUT2D eigenvalue weighted by Crippen LogP contribution is -2.47. The Bertz CT molecular complexity index is 220. The summed E-state index contributed by atoms with van der Waals surface area (Å²) in [6.45, 7) is 7.15. The molecule has 0 aromatic carbocycles. The van der Waals surface area contributed by atoms with Gasteiger partial charge in [-0.1, -0.05) is 20.8 Å². The number of carbonyl (C=O) groups is 1. The molecule has 2 saturated heterocycles. The Morgan fingerprint density at radius 1 is 1.50 bits per heavy atom. The molecule has 3 aliphatic rings. The third kappa shape index (κ3) is 0.838. The van der Waals surface area contributed by atoms with Crippen molar-refractivity contribution >= 4 is 5.97 Å². The van der Waals surface area contributed by atoms with Gasteiger partial charge in [-0.05, 0) is 23.7 Å². The van der Waals surface area contributed by atoms with Crippen LogP contribution in [0.1, 0.15) is 27.2 Å². The summed E-state index contributed by atoms with van der Waals surface area (Å²) in [7, 11) is 0. The molecule has 1 saturated carbocycles. The van der Waals surface area contributed by atoms with Crippen LogP contribution in [0.5, 0.6) is 0 Å². The van der Waals surface area contributed by atoms with Crippen LogP contribution in [0.3, 0.4) is 0 Å².